The second kappa shape index (κ2) is 3.27. The van der Waals surface area contributed by atoms with Crippen LogP contribution in [0.15, 0.2) is 8.99 Å². The topological polar surface area (TPSA) is 107 Å². The van der Waals surface area contributed by atoms with Crippen LogP contribution >= 0.6 is 0 Å². The van der Waals surface area contributed by atoms with E-state index in [2.05, 4.69) is 39.8 Å². The normalized spacial score (nSPS) is 11.7. The second-order valence-corrected chi connectivity index (χ2v) is 4.86. The van der Waals surface area contributed by atoms with Gasteiger partial charge in [0.05, 0.1) is 0 Å². The molecule has 0 saturated carbocycles. The lowest BCUT2D eigenvalue weighted by molar-refractivity contribution is 0.313. The molecule has 0 spiro atoms. The Labute approximate surface area is 90.9 Å². The summed E-state index contributed by atoms with van der Waals surface area (Å²) >= 11 is 0. The fourth-order valence-electron chi connectivity index (χ4n) is 1.24. The van der Waals surface area contributed by atoms with Gasteiger partial charge in [-0.15, -0.1) is 5.10 Å². The fraction of sp³-hybridized carbons (Fsp3) is 0.333. The molecule has 0 bridgehead atoms. The van der Waals surface area contributed by atoms with Crippen molar-refractivity contribution in [2.45, 2.75) is 0 Å². The van der Waals surface area contributed by atoms with Crippen molar-refractivity contribution in [3.05, 3.63) is 0 Å². The van der Waals surface area contributed by atoms with E-state index >= 15 is 0 Å². The van der Waals surface area contributed by atoms with Gasteiger partial charge in [-0.25, -0.2) is 8.99 Å². The molecule has 3 aromatic rings. The summed E-state index contributed by atoms with van der Waals surface area (Å²) in [6.07, 6.45) is 3.93. The number of hydrogen-bond acceptors (Lipinski definition) is 8. The van der Waals surface area contributed by atoms with Crippen LogP contribution in [-0.4, -0.2) is 47.8 Å². The van der Waals surface area contributed by atoms with E-state index in [1.807, 2.05) is 12.5 Å². The van der Waals surface area contributed by atoms with Crippen LogP contribution in [0.5, 0.6) is 0 Å². The maximum absolute atomic E-state index is 4.58. The van der Waals surface area contributed by atoms with Crippen molar-refractivity contribution in [2.24, 2.45) is 4.36 Å². The first-order valence-corrected chi connectivity index (χ1v) is 6.25. The highest BCUT2D eigenvalue weighted by Gasteiger charge is 2.14. The molecule has 0 amide bonds. The molecule has 0 aliphatic heterocycles. The van der Waals surface area contributed by atoms with Crippen molar-refractivity contribution in [1.29, 1.82) is 0 Å². The lowest BCUT2D eigenvalue weighted by Gasteiger charge is -1.95. The number of rotatable bonds is 1. The predicted molar refractivity (Wildman–Crippen MR) is 55.2 cm³/mol. The molecule has 82 valence electrons. The smallest absolute Gasteiger partial charge is 0.240 e. The standard InChI is InChI=1S/C6H6N8OS/c1-16(2)11-4-5-8-12-13-14(5)6-3(7-4)9-15-10-6/h1-2H3. The number of tetrazole rings is 1. The van der Waals surface area contributed by atoms with E-state index in [1.165, 1.54) is 4.52 Å². The van der Waals surface area contributed by atoms with Crippen LogP contribution in [0.1, 0.15) is 0 Å². The van der Waals surface area contributed by atoms with Gasteiger partial charge in [-0.3, -0.25) is 0 Å². The van der Waals surface area contributed by atoms with E-state index in [4.69, 9.17) is 0 Å². The Balaban J connectivity index is 2.47. The molecule has 16 heavy (non-hydrogen) atoms. The minimum atomic E-state index is -0.163. The molecule has 0 atom stereocenters. The van der Waals surface area contributed by atoms with Crippen LogP contribution in [-0.2, 0) is 10.7 Å². The summed E-state index contributed by atoms with van der Waals surface area (Å²) in [4.78, 5) is 4.19. The quantitative estimate of drug-likeness (QED) is 0.575. The molecule has 0 saturated heterocycles. The SMILES string of the molecule is CS(C)=Nc1nc2nonc2n2nnnc12. The molecule has 3 heterocycles. The number of aromatic nitrogens is 7. The average Bonchev–Trinajstić information content (AvgIpc) is 2.82. The zero-order valence-electron chi connectivity index (χ0n) is 8.39. The van der Waals surface area contributed by atoms with Crippen LogP contribution in [0, 0.1) is 0 Å². The molecular formula is C6H6N8OS. The third-order valence-electron chi connectivity index (χ3n) is 1.81. The van der Waals surface area contributed by atoms with E-state index in [9.17, 15) is 0 Å². The van der Waals surface area contributed by atoms with Gasteiger partial charge >= 0.3 is 0 Å². The van der Waals surface area contributed by atoms with E-state index in [0.29, 0.717) is 22.8 Å². The Hall–Kier alpha value is -1.97. The van der Waals surface area contributed by atoms with Gasteiger partial charge in [0.2, 0.25) is 22.8 Å². The Morgan fingerprint density at radius 1 is 1.25 bits per heavy atom. The minimum Gasteiger partial charge on any atom is -0.240 e. The summed E-state index contributed by atoms with van der Waals surface area (Å²) in [7, 11) is -0.163. The Kier molecular flexibility index (Phi) is 1.89. The predicted octanol–water partition coefficient (Wildman–Crippen LogP) is -0.252. The summed E-state index contributed by atoms with van der Waals surface area (Å²) in [5.41, 5.74) is 1.17. The van der Waals surface area contributed by atoms with E-state index in [-0.39, 0.29) is 10.7 Å². The van der Waals surface area contributed by atoms with Crippen molar-refractivity contribution >= 4 is 33.5 Å². The van der Waals surface area contributed by atoms with Crippen molar-refractivity contribution in [2.75, 3.05) is 12.5 Å². The molecule has 9 nitrogen and oxygen atoms in total. The Bertz CT molecular complexity index is 695. The van der Waals surface area contributed by atoms with Gasteiger partial charge in [0.25, 0.3) is 0 Å². The van der Waals surface area contributed by atoms with Crippen LogP contribution in [0.4, 0.5) is 5.82 Å². The Morgan fingerprint density at radius 3 is 2.94 bits per heavy atom. The lowest BCUT2D eigenvalue weighted by Crippen LogP contribution is -1.94. The molecule has 0 aliphatic rings. The largest absolute Gasteiger partial charge is 0.248 e. The average molecular weight is 238 g/mol. The van der Waals surface area contributed by atoms with Gasteiger partial charge in [0.1, 0.15) is 0 Å². The van der Waals surface area contributed by atoms with Crippen molar-refractivity contribution in [3.63, 3.8) is 0 Å². The number of hydrogen-bond donors (Lipinski definition) is 0. The highest BCUT2D eigenvalue weighted by molar-refractivity contribution is 7.85. The van der Waals surface area contributed by atoms with Crippen LogP contribution < -0.4 is 0 Å². The third kappa shape index (κ3) is 1.26. The first-order chi connectivity index (χ1) is 7.75. The highest BCUT2D eigenvalue weighted by atomic mass is 32.2. The van der Waals surface area contributed by atoms with E-state index in [1.54, 1.807) is 0 Å². The monoisotopic (exact) mass is 238 g/mol. The lowest BCUT2D eigenvalue weighted by atomic mass is 10.6. The van der Waals surface area contributed by atoms with E-state index in [0.717, 1.165) is 0 Å². The van der Waals surface area contributed by atoms with Crippen molar-refractivity contribution in [3.8, 4) is 0 Å². The summed E-state index contributed by atoms with van der Waals surface area (Å²) in [5.74, 6) is 0.446. The third-order valence-corrected chi connectivity index (χ3v) is 2.34. The van der Waals surface area contributed by atoms with Crippen LogP contribution in [0.25, 0.3) is 16.9 Å². The molecule has 3 rings (SSSR count). The number of nitrogens with zero attached hydrogens (tertiary/aromatic N) is 8. The molecular weight excluding hydrogens is 232 g/mol. The van der Waals surface area contributed by atoms with Crippen molar-refractivity contribution in [1.82, 2.24) is 35.3 Å². The zero-order chi connectivity index (χ0) is 11.1. The first kappa shape index (κ1) is 9.27. The minimum absolute atomic E-state index is 0.163. The molecule has 3 aromatic heterocycles. The van der Waals surface area contributed by atoms with Gasteiger partial charge in [-0.2, -0.15) is 9.50 Å². The molecule has 0 unspecified atom stereocenters. The molecule has 0 aliphatic carbocycles. The molecule has 0 N–H and O–H groups in total. The van der Waals surface area contributed by atoms with Gasteiger partial charge in [0, 0.05) is 0 Å². The zero-order valence-corrected chi connectivity index (χ0v) is 9.21. The Morgan fingerprint density at radius 2 is 2.12 bits per heavy atom. The van der Waals surface area contributed by atoms with E-state index < -0.39 is 0 Å². The molecule has 0 fully saturated rings. The summed E-state index contributed by atoms with van der Waals surface area (Å²) in [5, 5.41) is 18.5. The first-order valence-electron chi connectivity index (χ1n) is 4.25. The van der Waals surface area contributed by atoms with Crippen molar-refractivity contribution < 1.29 is 4.63 Å². The summed E-state index contributed by atoms with van der Waals surface area (Å²) in [6.45, 7) is 0. The summed E-state index contributed by atoms with van der Waals surface area (Å²) < 4.78 is 10.3. The summed E-state index contributed by atoms with van der Waals surface area (Å²) in [6, 6.07) is 0. The van der Waals surface area contributed by atoms with Crippen LogP contribution in [0.3, 0.4) is 0 Å². The van der Waals surface area contributed by atoms with Crippen LogP contribution in [0.2, 0.25) is 0 Å². The fourth-order valence-corrected chi connectivity index (χ4v) is 1.71. The molecule has 0 aromatic carbocycles. The molecule has 0 radical (unpaired) electrons. The maximum Gasteiger partial charge on any atom is 0.248 e. The van der Waals surface area contributed by atoms with Gasteiger partial charge in [-0.1, -0.05) is 10.7 Å². The number of fused-ring (bicyclic) bond motifs is 3. The van der Waals surface area contributed by atoms with Gasteiger partial charge in [-0.05, 0) is 33.3 Å². The molecule has 10 heteroatoms. The van der Waals surface area contributed by atoms with Gasteiger partial charge in [0.15, 0.2) is 0 Å². The second-order valence-electron chi connectivity index (χ2n) is 3.13. The maximum atomic E-state index is 4.58. The van der Waals surface area contributed by atoms with Gasteiger partial charge < -0.3 is 0 Å². The highest BCUT2D eigenvalue weighted by Crippen LogP contribution is 2.19.